The molecule has 7 heteroatoms. The molecule has 0 radical (unpaired) electrons. The van der Waals surface area contributed by atoms with Crippen molar-refractivity contribution < 1.29 is 19.0 Å². The van der Waals surface area contributed by atoms with Crippen molar-refractivity contribution >= 4 is 5.91 Å². The van der Waals surface area contributed by atoms with Gasteiger partial charge in [0.15, 0.2) is 11.5 Å². The predicted molar refractivity (Wildman–Crippen MR) is 101 cm³/mol. The summed E-state index contributed by atoms with van der Waals surface area (Å²) in [5.74, 6) is 2.02. The molecule has 0 N–H and O–H groups in total. The molecule has 1 fully saturated rings. The second kappa shape index (κ2) is 7.79. The molecule has 2 heterocycles. The minimum absolute atomic E-state index is 0.0184. The molecule has 4 rings (SSSR count). The minimum atomic E-state index is -0.386. The number of benzene rings is 2. The number of methoxy groups -OCH3 is 1. The van der Waals surface area contributed by atoms with Crippen LogP contribution in [0, 0.1) is 11.3 Å². The largest absolute Gasteiger partial charge is 0.497 e. The van der Waals surface area contributed by atoms with E-state index in [-0.39, 0.29) is 18.7 Å². The van der Waals surface area contributed by atoms with Crippen LogP contribution in [0.1, 0.15) is 22.0 Å². The van der Waals surface area contributed by atoms with Crippen LogP contribution in [-0.4, -0.2) is 55.8 Å². The molecule has 0 aliphatic carbocycles. The molecule has 1 atom stereocenters. The lowest BCUT2D eigenvalue weighted by Gasteiger charge is -2.37. The first-order valence-electron chi connectivity index (χ1n) is 9.16. The van der Waals surface area contributed by atoms with Gasteiger partial charge in [-0.05, 0) is 35.9 Å². The van der Waals surface area contributed by atoms with Gasteiger partial charge in [0.2, 0.25) is 6.79 Å². The Balaban J connectivity index is 1.42. The molecule has 2 aromatic rings. The van der Waals surface area contributed by atoms with Crippen LogP contribution in [0.25, 0.3) is 0 Å². The molecule has 2 aliphatic heterocycles. The second-order valence-electron chi connectivity index (χ2n) is 6.70. The molecule has 1 unspecified atom stereocenters. The standard InChI is InChI=1S/C21H21N3O4/c1-26-17-4-2-3-16(11-17)21(25)24-9-7-23(8-10-24)18(13-22)15-5-6-19-20(12-15)28-14-27-19/h2-6,11-12,18H,7-10,14H2,1H3. The Hall–Kier alpha value is -3.24. The van der Waals surface area contributed by atoms with Crippen LogP contribution >= 0.6 is 0 Å². The van der Waals surface area contributed by atoms with E-state index < -0.39 is 0 Å². The van der Waals surface area contributed by atoms with Gasteiger partial charge in [-0.15, -0.1) is 0 Å². The second-order valence-corrected chi connectivity index (χ2v) is 6.70. The maximum atomic E-state index is 12.8. The van der Waals surface area contributed by atoms with Crippen molar-refractivity contribution in [1.82, 2.24) is 9.80 Å². The molecular weight excluding hydrogens is 358 g/mol. The van der Waals surface area contributed by atoms with Gasteiger partial charge in [0.25, 0.3) is 5.91 Å². The number of fused-ring (bicyclic) bond motifs is 1. The zero-order valence-electron chi connectivity index (χ0n) is 15.6. The zero-order chi connectivity index (χ0) is 19.5. The topological polar surface area (TPSA) is 75.0 Å². The van der Waals surface area contributed by atoms with Crippen LogP contribution in [0.2, 0.25) is 0 Å². The van der Waals surface area contributed by atoms with Crippen LogP contribution in [0.15, 0.2) is 42.5 Å². The summed E-state index contributed by atoms with van der Waals surface area (Å²) in [7, 11) is 1.58. The summed E-state index contributed by atoms with van der Waals surface area (Å²) in [5, 5.41) is 9.73. The summed E-state index contributed by atoms with van der Waals surface area (Å²) in [6.45, 7) is 2.60. The van der Waals surface area contributed by atoms with E-state index >= 15 is 0 Å². The molecule has 1 amide bonds. The minimum Gasteiger partial charge on any atom is -0.497 e. The first kappa shape index (κ1) is 18.1. The fraction of sp³-hybridized carbons (Fsp3) is 0.333. The van der Waals surface area contributed by atoms with Gasteiger partial charge in [0, 0.05) is 31.7 Å². The normalized spacial score (nSPS) is 17.1. The van der Waals surface area contributed by atoms with E-state index in [2.05, 4.69) is 11.0 Å². The average molecular weight is 379 g/mol. The van der Waals surface area contributed by atoms with Gasteiger partial charge in [-0.1, -0.05) is 12.1 Å². The third kappa shape index (κ3) is 3.47. The number of hydrogen-bond acceptors (Lipinski definition) is 6. The lowest BCUT2D eigenvalue weighted by atomic mass is 10.0. The third-order valence-corrected chi connectivity index (χ3v) is 5.12. The van der Waals surface area contributed by atoms with E-state index in [0.717, 1.165) is 5.56 Å². The number of amides is 1. The smallest absolute Gasteiger partial charge is 0.254 e. The number of ether oxygens (including phenoxy) is 3. The molecule has 144 valence electrons. The van der Waals surface area contributed by atoms with Crippen molar-refractivity contribution in [2.24, 2.45) is 0 Å². The molecule has 0 bridgehead atoms. The molecule has 2 aromatic carbocycles. The van der Waals surface area contributed by atoms with Crippen molar-refractivity contribution in [3.05, 3.63) is 53.6 Å². The molecular formula is C21H21N3O4. The molecule has 7 nitrogen and oxygen atoms in total. The van der Waals surface area contributed by atoms with Gasteiger partial charge in [0.1, 0.15) is 11.8 Å². The summed E-state index contributed by atoms with van der Waals surface area (Å²) in [5.41, 5.74) is 1.49. The maximum Gasteiger partial charge on any atom is 0.254 e. The number of hydrogen-bond donors (Lipinski definition) is 0. The van der Waals surface area contributed by atoms with E-state index in [0.29, 0.717) is 49.0 Å². The van der Waals surface area contributed by atoms with Crippen molar-refractivity contribution in [1.29, 1.82) is 5.26 Å². The van der Waals surface area contributed by atoms with E-state index in [9.17, 15) is 10.1 Å². The molecule has 2 aliphatic rings. The third-order valence-electron chi connectivity index (χ3n) is 5.12. The lowest BCUT2D eigenvalue weighted by molar-refractivity contribution is 0.0606. The monoisotopic (exact) mass is 379 g/mol. The van der Waals surface area contributed by atoms with Gasteiger partial charge >= 0.3 is 0 Å². The summed E-state index contributed by atoms with van der Waals surface area (Å²) in [4.78, 5) is 16.7. The predicted octanol–water partition coefficient (Wildman–Crippen LogP) is 2.45. The number of nitrogens with zero attached hydrogens (tertiary/aromatic N) is 3. The lowest BCUT2D eigenvalue weighted by Crippen LogP contribution is -2.49. The van der Waals surface area contributed by atoms with Crippen molar-refractivity contribution in [3.8, 4) is 23.3 Å². The fourth-order valence-corrected chi connectivity index (χ4v) is 3.57. The summed E-state index contributed by atoms with van der Waals surface area (Å²) < 4.78 is 16.0. The van der Waals surface area contributed by atoms with Crippen LogP contribution in [0.4, 0.5) is 0 Å². The Morgan fingerprint density at radius 1 is 1.11 bits per heavy atom. The summed E-state index contributed by atoms with van der Waals surface area (Å²) >= 11 is 0. The first-order chi connectivity index (χ1) is 13.7. The van der Waals surface area contributed by atoms with E-state index in [1.807, 2.05) is 35.2 Å². The fourth-order valence-electron chi connectivity index (χ4n) is 3.57. The highest BCUT2D eigenvalue weighted by Crippen LogP contribution is 2.35. The zero-order valence-corrected chi connectivity index (χ0v) is 15.6. The van der Waals surface area contributed by atoms with Gasteiger partial charge in [-0.2, -0.15) is 5.26 Å². The highest BCUT2D eigenvalue weighted by atomic mass is 16.7. The number of carbonyl (C=O) groups is 1. The van der Waals surface area contributed by atoms with Crippen molar-refractivity contribution in [3.63, 3.8) is 0 Å². The summed E-state index contributed by atoms with van der Waals surface area (Å²) in [6.07, 6.45) is 0. The SMILES string of the molecule is COc1cccc(C(=O)N2CCN(C(C#N)c3ccc4c(c3)OCO4)CC2)c1. The molecule has 1 saturated heterocycles. The Kier molecular flexibility index (Phi) is 5.04. The molecule has 0 aromatic heterocycles. The number of nitriles is 1. The van der Waals surface area contributed by atoms with Crippen LogP contribution in [-0.2, 0) is 0 Å². The van der Waals surface area contributed by atoms with Crippen molar-refractivity contribution in [2.45, 2.75) is 6.04 Å². The number of rotatable bonds is 4. The van der Waals surface area contributed by atoms with Crippen LogP contribution < -0.4 is 14.2 Å². The van der Waals surface area contributed by atoms with Gasteiger partial charge in [-0.25, -0.2) is 0 Å². The Bertz CT molecular complexity index is 916. The average Bonchev–Trinajstić information content (AvgIpc) is 3.22. The van der Waals surface area contributed by atoms with Crippen LogP contribution in [0.5, 0.6) is 17.2 Å². The van der Waals surface area contributed by atoms with E-state index in [1.54, 1.807) is 19.2 Å². The Morgan fingerprint density at radius 3 is 2.64 bits per heavy atom. The number of piperazine rings is 1. The van der Waals surface area contributed by atoms with Crippen molar-refractivity contribution in [2.75, 3.05) is 40.1 Å². The van der Waals surface area contributed by atoms with Gasteiger partial charge in [-0.3, -0.25) is 9.69 Å². The summed E-state index contributed by atoms with van der Waals surface area (Å²) in [6, 6.07) is 14.8. The highest BCUT2D eigenvalue weighted by Gasteiger charge is 2.28. The van der Waals surface area contributed by atoms with Crippen LogP contribution in [0.3, 0.4) is 0 Å². The number of carbonyl (C=O) groups excluding carboxylic acids is 1. The molecule has 0 saturated carbocycles. The van der Waals surface area contributed by atoms with Gasteiger partial charge in [0.05, 0.1) is 13.2 Å². The highest BCUT2D eigenvalue weighted by molar-refractivity contribution is 5.94. The molecule has 0 spiro atoms. The van der Waals surface area contributed by atoms with E-state index in [1.165, 1.54) is 0 Å². The van der Waals surface area contributed by atoms with E-state index in [4.69, 9.17) is 14.2 Å². The molecule has 28 heavy (non-hydrogen) atoms. The Labute approximate surface area is 163 Å². The Morgan fingerprint density at radius 2 is 1.89 bits per heavy atom. The maximum absolute atomic E-state index is 12.8. The first-order valence-corrected chi connectivity index (χ1v) is 9.16. The quantitative estimate of drug-likeness (QED) is 0.812. The van der Waals surface area contributed by atoms with Gasteiger partial charge < -0.3 is 19.1 Å².